The van der Waals surface area contributed by atoms with Gasteiger partial charge in [0.05, 0.1) is 0 Å². The molecule has 0 aliphatic rings. The van der Waals surface area contributed by atoms with Crippen LogP contribution in [0.25, 0.3) is 0 Å². The van der Waals surface area contributed by atoms with Gasteiger partial charge in [0.1, 0.15) is 5.75 Å². The van der Waals surface area contributed by atoms with E-state index < -0.39 is 0 Å². The monoisotopic (exact) mass is 266 g/mol. The molecule has 0 amide bonds. The van der Waals surface area contributed by atoms with Crippen molar-refractivity contribution in [2.24, 2.45) is 5.92 Å². The fraction of sp³-hybridized carbons (Fsp3) is 0.667. The van der Waals surface area contributed by atoms with Crippen LogP contribution < -0.4 is 0 Å². The van der Waals surface area contributed by atoms with Crippen molar-refractivity contribution >= 4 is 0 Å². The van der Waals surface area contributed by atoms with Gasteiger partial charge in [0.2, 0.25) is 0 Å². The molecule has 112 valence electrons. The first-order chi connectivity index (χ1) is 8.88. The number of benzene rings is 1. The molecule has 0 atom stereocenters. The highest BCUT2D eigenvalue weighted by molar-refractivity contribution is 5.34. The van der Waals surface area contributed by atoms with Crippen LogP contribution in [0.4, 0.5) is 0 Å². The Balaban J connectivity index is 0. The molecule has 1 heteroatoms. The summed E-state index contributed by atoms with van der Waals surface area (Å²) in [5, 5.41) is 9.04. The highest BCUT2D eigenvalue weighted by Gasteiger charge is 1.91. The van der Waals surface area contributed by atoms with E-state index in [0.717, 1.165) is 11.5 Å². The zero-order valence-electron chi connectivity index (χ0n) is 14.1. The zero-order valence-corrected chi connectivity index (χ0v) is 14.1. The van der Waals surface area contributed by atoms with E-state index in [-0.39, 0.29) is 0 Å². The Morgan fingerprint density at radius 2 is 1.47 bits per heavy atom. The Hall–Kier alpha value is -0.980. The van der Waals surface area contributed by atoms with Crippen LogP contribution in [0.2, 0.25) is 0 Å². The molecule has 0 unspecified atom stereocenters. The van der Waals surface area contributed by atoms with Crippen LogP contribution in [0.3, 0.4) is 0 Å². The van der Waals surface area contributed by atoms with E-state index in [1.807, 2.05) is 26.0 Å². The summed E-state index contributed by atoms with van der Waals surface area (Å²) in [6, 6.07) is 5.56. The van der Waals surface area contributed by atoms with Crippen molar-refractivity contribution in [3.05, 3.63) is 29.3 Å². The molecule has 0 radical (unpaired) electrons. The number of aromatic hydroxyl groups is 1. The third-order valence-corrected chi connectivity index (χ3v) is 2.72. The fourth-order valence-electron chi connectivity index (χ4n) is 1.38. The van der Waals surface area contributed by atoms with Gasteiger partial charge < -0.3 is 5.11 Å². The molecule has 0 saturated carbocycles. The molecule has 1 nitrogen and oxygen atoms in total. The average molecular weight is 266 g/mol. The van der Waals surface area contributed by atoms with Gasteiger partial charge >= 0.3 is 0 Å². The van der Waals surface area contributed by atoms with Crippen LogP contribution in [0.5, 0.6) is 5.75 Å². The number of unbranched alkanes of at least 4 members (excludes halogenated alkanes) is 1. The lowest BCUT2D eigenvalue weighted by Gasteiger charge is -1.97. The van der Waals surface area contributed by atoms with E-state index in [9.17, 15) is 0 Å². The van der Waals surface area contributed by atoms with E-state index in [4.69, 9.17) is 5.11 Å². The summed E-state index contributed by atoms with van der Waals surface area (Å²) in [7, 11) is 0. The summed E-state index contributed by atoms with van der Waals surface area (Å²) >= 11 is 0. The largest absolute Gasteiger partial charge is 0.508 e. The molecule has 0 heterocycles. The van der Waals surface area contributed by atoms with Crippen molar-refractivity contribution in [2.45, 2.75) is 74.1 Å². The van der Waals surface area contributed by atoms with Gasteiger partial charge in [0.15, 0.2) is 0 Å². The quantitative estimate of drug-likeness (QED) is 0.684. The van der Waals surface area contributed by atoms with E-state index in [2.05, 4.69) is 34.6 Å². The molecule has 0 saturated heterocycles. The Bertz CT molecular complexity index is 301. The van der Waals surface area contributed by atoms with Gasteiger partial charge in [-0.1, -0.05) is 78.0 Å². The number of phenols is 1. The molecule has 1 N–H and O–H groups in total. The molecule has 1 aromatic carbocycles. The number of hydrogen-bond donors (Lipinski definition) is 1. The second-order valence-corrected chi connectivity index (χ2v) is 5.47. The first-order valence-electron chi connectivity index (χ1n) is 7.65. The molecule has 0 aromatic heterocycles. The SMILES string of the molecule is CCCC.CCCC(C)C.Cc1ccc(O)c(C)c1. The van der Waals surface area contributed by atoms with Crippen molar-refractivity contribution < 1.29 is 5.11 Å². The zero-order chi connectivity index (χ0) is 15.3. The molecular formula is C18H34O. The minimum atomic E-state index is 0.376. The molecule has 0 bridgehead atoms. The Morgan fingerprint density at radius 1 is 0.947 bits per heavy atom. The van der Waals surface area contributed by atoms with Crippen LogP contribution in [-0.4, -0.2) is 5.11 Å². The van der Waals surface area contributed by atoms with Crippen molar-refractivity contribution in [3.8, 4) is 5.75 Å². The highest BCUT2D eigenvalue weighted by atomic mass is 16.3. The van der Waals surface area contributed by atoms with E-state index in [1.165, 1.54) is 31.2 Å². The van der Waals surface area contributed by atoms with Crippen LogP contribution in [-0.2, 0) is 0 Å². The van der Waals surface area contributed by atoms with Gasteiger partial charge in [0.25, 0.3) is 0 Å². The predicted octanol–water partition coefficient (Wildman–Crippen LogP) is 6.26. The van der Waals surface area contributed by atoms with Gasteiger partial charge in [0, 0.05) is 0 Å². The third-order valence-electron chi connectivity index (χ3n) is 2.72. The topological polar surface area (TPSA) is 20.2 Å². The number of rotatable bonds is 3. The van der Waals surface area contributed by atoms with E-state index in [1.54, 1.807) is 6.07 Å². The van der Waals surface area contributed by atoms with Crippen molar-refractivity contribution in [2.75, 3.05) is 0 Å². The Labute approximate surface area is 121 Å². The number of phenolic OH excluding ortho intramolecular Hbond substituents is 1. The smallest absolute Gasteiger partial charge is 0.118 e. The molecule has 0 aliphatic carbocycles. The molecule has 1 rings (SSSR count). The maximum Gasteiger partial charge on any atom is 0.118 e. The molecule has 1 aromatic rings. The van der Waals surface area contributed by atoms with Crippen LogP contribution >= 0.6 is 0 Å². The van der Waals surface area contributed by atoms with E-state index in [0.29, 0.717) is 5.75 Å². The van der Waals surface area contributed by atoms with Crippen LogP contribution in [0.1, 0.15) is 71.4 Å². The summed E-state index contributed by atoms with van der Waals surface area (Å²) in [5.41, 5.74) is 2.13. The normalized spacial score (nSPS) is 9.26. The molecule has 0 aliphatic heterocycles. The maximum absolute atomic E-state index is 9.04. The number of aryl methyl sites for hydroxylation is 2. The third kappa shape index (κ3) is 15.0. The minimum absolute atomic E-state index is 0.376. The first-order valence-corrected chi connectivity index (χ1v) is 7.65. The maximum atomic E-state index is 9.04. The summed E-state index contributed by atoms with van der Waals surface area (Å²) in [4.78, 5) is 0. The van der Waals surface area contributed by atoms with Crippen LogP contribution in [0, 0.1) is 19.8 Å². The lowest BCUT2D eigenvalue weighted by molar-refractivity contribution is 0.471. The summed E-state index contributed by atoms with van der Waals surface area (Å²) in [5.74, 6) is 1.27. The van der Waals surface area contributed by atoms with Gasteiger partial charge in [-0.25, -0.2) is 0 Å². The molecule has 0 fully saturated rings. The highest BCUT2D eigenvalue weighted by Crippen LogP contribution is 2.15. The fourth-order valence-corrected chi connectivity index (χ4v) is 1.38. The Morgan fingerprint density at radius 3 is 1.68 bits per heavy atom. The second-order valence-electron chi connectivity index (χ2n) is 5.47. The lowest BCUT2D eigenvalue weighted by atomic mass is 10.1. The van der Waals surface area contributed by atoms with Crippen molar-refractivity contribution in [1.29, 1.82) is 0 Å². The summed E-state index contributed by atoms with van der Waals surface area (Å²) in [6.45, 7) is 15.0. The molecular weight excluding hydrogens is 232 g/mol. The van der Waals surface area contributed by atoms with Crippen LogP contribution in [0.15, 0.2) is 18.2 Å². The minimum Gasteiger partial charge on any atom is -0.508 e. The van der Waals surface area contributed by atoms with Crippen molar-refractivity contribution in [1.82, 2.24) is 0 Å². The first kappa shape index (κ1) is 20.3. The van der Waals surface area contributed by atoms with Gasteiger partial charge in [-0.15, -0.1) is 0 Å². The average Bonchev–Trinajstić information content (AvgIpc) is 2.35. The van der Waals surface area contributed by atoms with Gasteiger partial charge in [-0.05, 0) is 31.4 Å². The second kappa shape index (κ2) is 13.5. The van der Waals surface area contributed by atoms with Gasteiger partial charge in [-0.3, -0.25) is 0 Å². The standard InChI is InChI=1S/C8H10O.C6H14.C4H10/c1-6-3-4-8(9)7(2)5-6;1-4-5-6(2)3;1-3-4-2/h3-5,9H,1-2H3;6H,4-5H2,1-3H3;3-4H2,1-2H3. The lowest BCUT2D eigenvalue weighted by Crippen LogP contribution is -1.81. The molecule has 19 heavy (non-hydrogen) atoms. The van der Waals surface area contributed by atoms with Crippen molar-refractivity contribution in [3.63, 3.8) is 0 Å². The summed E-state index contributed by atoms with van der Waals surface area (Å²) in [6.07, 6.45) is 5.34. The summed E-state index contributed by atoms with van der Waals surface area (Å²) < 4.78 is 0. The predicted molar refractivity (Wildman–Crippen MR) is 87.9 cm³/mol. The molecule has 0 spiro atoms. The van der Waals surface area contributed by atoms with Gasteiger partial charge in [-0.2, -0.15) is 0 Å². The number of hydrogen-bond acceptors (Lipinski definition) is 1. The Kier molecular flexibility index (Phi) is 14.4. The van der Waals surface area contributed by atoms with E-state index >= 15 is 0 Å².